The fraction of sp³-hybridized carbons (Fsp3) is 0.150. The second-order valence-electron chi connectivity index (χ2n) is 5.89. The van der Waals surface area contributed by atoms with E-state index in [2.05, 4.69) is 4.98 Å². The van der Waals surface area contributed by atoms with Gasteiger partial charge in [0.25, 0.3) is 0 Å². The molecule has 3 heteroatoms. The monoisotopic (exact) mass is 305 g/mol. The minimum atomic E-state index is 0.0650. The van der Waals surface area contributed by atoms with Crippen molar-refractivity contribution in [3.05, 3.63) is 65.4 Å². The van der Waals surface area contributed by atoms with Gasteiger partial charge in [0.2, 0.25) is 0 Å². The fourth-order valence-corrected chi connectivity index (χ4v) is 2.69. The number of para-hydroxylation sites is 1. The number of benzene rings is 2. The molecule has 0 bridgehead atoms. The molecule has 0 radical (unpaired) electrons. The first-order chi connectivity index (χ1) is 11.0. The summed E-state index contributed by atoms with van der Waals surface area (Å²) in [6.45, 7) is 3.87. The molecule has 2 aromatic carbocycles. The number of phenols is 2. The van der Waals surface area contributed by atoms with Gasteiger partial charge in [0.1, 0.15) is 11.5 Å². The molecule has 0 aliphatic rings. The first kappa shape index (κ1) is 15.1. The number of aromatic hydroxyl groups is 2. The van der Waals surface area contributed by atoms with Crippen LogP contribution in [0.4, 0.5) is 0 Å². The summed E-state index contributed by atoms with van der Waals surface area (Å²) < 4.78 is 0. The van der Waals surface area contributed by atoms with E-state index in [1.807, 2.05) is 62.4 Å². The van der Waals surface area contributed by atoms with Crippen molar-refractivity contribution in [1.82, 2.24) is 4.98 Å². The van der Waals surface area contributed by atoms with Gasteiger partial charge < -0.3 is 10.2 Å². The van der Waals surface area contributed by atoms with Crippen LogP contribution >= 0.6 is 0 Å². The Balaban J connectivity index is 1.92. The number of fused-ring (bicyclic) bond motifs is 1. The van der Waals surface area contributed by atoms with Crippen LogP contribution in [0.15, 0.2) is 48.5 Å². The van der Waals surface area contributed by atoms with E-state index in [0.29, 0.717) is 5.56 Å². The summed E-state index contributed by atoms with van der Waals surface area (Å²) in [5.74, 6) is 0.299. The van der Waals surface area contributed by atoms with Crippen LogP contribution in [0.3, 0.4) is 0 Å². The third-order valence-electron chi connectivity index (χ3n) is 3.80. The molecule has 116 valence electrons. The lowest BCUT2D eigenvalue weighted by atomic mass is 9.98. The lowest BCUT2D eigenvalue weighted by molar-refractivity contribution is 0.433. The van der Waals surface area contributed by atoms with Gasteiger partial charge >= 0.3 is 0 Å². The highest BCUT2D eigenvalue weighted by atomic mass is 16.3. The average Bonchev–Trinajstić information content (AvgIpc) is 2.51. The van der Waals surface area contributed by atoms with E-state index in [9.17, 15) is 10.2 Å². The molecule has 0 saturated heterocycles. The predicted octanol–water partition coefficient (Wildman–Crippen LogP) is 4.94. The molecule has 0 fully saturated rings. The van der Waals surface area contributed by atoms with Crippen molar-refractivity contribution >= 4 is 23.1 Å². The molecule has 23 heavy (non-hydrogen) atoms. The number of rotatable bonds is 3. The lowest BCUT2D eigenvalue weighted by Crippen LogP contribution is -1.90. The predicted molar refractivity (Wildman–Crippen MR) is 94.5 cm³/mol. The zero-order chi connectivity index (χ0) is 16.4. The Labute approximate surface area is 135 Å². The molecular formula is C20H19NO2. The standard InChI is InChI=1S/C20H19NO2/c1-13(2)20-18(22)11-14(12-19(20)23)7-9-16-10-8-15-5-3-4-6-17(15)21-16/h3-13,22-23H,1-2H3/b9-7+. The number of hydrogen-bond acceptors (Lipinski definition) is 3. The molecule has 0 saturated carbocycles. The van der Waals surface area contributed by atoms with Crippen LogP contribution in [0, 0.1) is 0 Å². The highest BCUT2D eigenvalue weighted by Gasteiger charge is 2.12. The Morgan fingerprint density at radius 3 is 2.30 bits per heavy atom. The van der Waals surface area contributed by atoms with Crippen LogP contribution in [-0.2, 0) is 0 Å². The summed E-state index contributed by atoms with van der Waals surface area (Å²) in [5, 5.41) is 21.2. The van der Waals surface area contributed by atoms with E-state index in [-0.39, 0.29) is 17.4 Å². The molecule has 3 rings (SSSR count). The van der Waals surface area contributed by atoms with Crippen molar-refractivity contribution in [2.75, 3.05) is 0 Å². The molecule has 2 N–H and O–H groups in total. The Morgan fingerprint density at radius 2 is 1.61 bits per heavy atom. The molecule has 0 aliphatic heterocycles. The van der Waals surface area contributed by atoms with Crippen LogP contribution in [0.1, 0.15) is 36.6 Å². The maximum Gasteiger partial charge on any atom is 0.123 e. The Hall–Kier alpha value is -2.81. The highest BCUT2D eigenvalue weighted by molar-refractivity contribution is 5.81. The summed E-state index contributed by atoms with van der Waals surface area (Å²) in [5.41, 5.74) is 3.08. The Morgan fingerprint density at radius 1 is 0.913 bits per heavy atom. The first-order valence-electron chi connectivity index (χ1n) is 7.64. The largest absolute Gasteiger partial charge is 0.507 e. The maximum absolute atomic E-state index is 10.1. The molecule has 0 amide bonds. The van der Waals surface area contributed by atoms with Gasteiger partial charge in [0.05, 0.1) is 11.2 Å². The fourth-order valence-electron chi connectivity index (χ4n) is 2.69. The average molecular weight is 305 g/mol. The van der Waals surface area contributed by atoms with Crippen LogP contribution in [0.5, 0.6) is 11.5 Å². The van der Waals surface area contributed by atoms with Gasteiger partial charge in [-0.25, -0.2) is 4.98 Å². The number of phenolic OH excluding ortho intramolecular Hbond substituents is 2. The molecule has 0 spiro atoms. The summed E-state index contributed by atoms with van der Waals surface area (Å²) in [7, 11) is 0. The van der Waals surface area contributed by atoms with E-state index in [1.165, 1.54) is 0 Å². The molecule has 1 aromatic heterocycles. The van der Waals surface area contributed by atoms with E-state index < -0.39 is 0 Å². The van der Waals surface area contributed by atoms with Gasteiger partial charge in [-0.2, -0.15) is 0 Å². The molecular weight excluding hydrogens is 286 g/mol. The number of nitrogens with zero attached hydrogens (tertiary/aromatic N) is 1. The minimum absolute atomic E-state index is 0.0650. The summed E-state index contributed by atoms with van der Waals surface area (Å²) >= 11 is 0. The van der Waals surface area contributed by atoms with Gasteiger partial charge in [-0.05, 0) is 41.8 Å². The maximum atomic E-state index is 10.1. The van der Waals surface area contributed by atoms with Crippen molar-refractivity contribution in [2.24, 2.45) is 0 Å². The van der Waals surface area contributed by atoms with Crippen molar-refractivity contribution in [1.29, 1.82) is 0 Å². The van der Waals surface area contributed by atoms with Gasteiger partial charge in [-0.15, -0.1) is 0 Å². The topological polar surface area (TPSA) is 53.4 Å². The van der Waals surface area contributed by atoms with Gasteiger partial charge in [-0.1, -0.05) is 44.2 Å². The molecule has 1 heterocycles. The minimum Gasteiger partial charge on any atom is -0.507 e. The van der Waals surface area contributed by atoms with Gasteiger partial charge in [0, 0.05) is 10.9 Å². The smallest absolute Gasteiger partial charge is 0.123 e. The van der Waals surface area contributed by atoms with Gasteiger partial charge in [0.15, 0.2) is 0 Å². The van der Waals surface area contributed by atoms with E-state index in [1.54, 1.807) is 12.1 Å². The molecule has 0 aliphatic carbocycles. The summed E-state index contributed by atoms with van der Waals surface area (Å²) in [4.78, 5) is 4.57. The zero-order valence-corrected chi connectivity index (χ0v) is 13.2. The summed E-state index contributed by atoms with van der Waals surface area (Å²) in [6, 6.07) is 15.2. The quantitative estimate of drug-likeness (QED) is 0.720. The van der Waals surface area contributed by atoms with Crippen LogP contribution < -0.4 is 0 Å². The highest BCUT2D eigenvalue weighted by Crippen LogP contribution is 2.35. The normalized spacial score (nSPS) is 11.6. The van der Waals surface area contributed by atoms with Crippen molar-refractivity contribution in [3.8, 4) is 11.5 Å². The number of hydrogen-bond donors (Lipinski definition) is 2. The number of pyridine rings is 1. The molecule has 3 aromatic rings. The van der Waals surface area contributed by atoms with Crippen LogP contribution in [-0.4, -0.2) is 15.2 Å². The molecule has 0 atom stereocenters. The number of aromatic nitrogens is 1. The van der Waals surface area contributed by atoms with Crippen LogP contribution in [0.2, 0.25) is 0 Å². The van der Waals surface area contributed by atoms with Crippen molar-refractivity contribution < 1.29 is 10.2 Å². The van der Waals surface area contributed by atoms with Crippen molar-refractivity contribution in [3.63, 3.8) is 0 Å². The third-order valence-corrected chi connectivity index (χ3v) is 3.80. The van der Waals surface area contributed by atoms with Crippen molar-refractivity contribution in [2.45, 2.75) is 19.8 Å². The van der Waals surface area contributed by atoms with Gasteiger partial charge in [-0.3, -0.25) is 0 Å². The first-order valence-corrected chi connectivity index (χ1v) is 7.64. The van der Waals surface area contributed by atoms with Crippen LogP contribution in [0.25, 0.3) is 23.1 Å². The third kappa shape index (κ3) is 3.19. The second-order valence-corrected chi connectivity index (χ2v) is 5.89. The Kier molecular flexibility index (Phi) is 4.02. The lowest BCUT2D eigenvalue weighted by Gasteiger charge is -2.11. The zero-order valence-electron chi connectivity index (χ0n) is 13.2. The van der Waals surface area contributed by atoms with E-state index >= 15 is 0 Å². The Bertz CT molecular complexity index is 859. The summed E-state index contributed by atoms with van der Waals surface area (Å²) in [6.07, 6.45) is 3.70. The molecule has 3 nitrogen and oxygen atoms in total. The van der Waals surface area contributed by atoms with E-state index in [0.717, 1.165) is 22.2 Å². The molecule has 0 unspecified atom stereocenters. The second kappa shape index (κ2) is 6.13. The SMILES string of the molecule is CC(C)c1c(O)cc(/C=C/c2ccc3ccccc3n2)cc1O. The van der Waals surface area contributed by atoms with E-state index in [4.69, 9.17) is 0 Å².